The van der Waals surface area contributed by atoms with Gasteiger partial charge in [0.2, 0.25) is 0 Å². The largest absolute Gasteiger partial charge is 0.367 e. The number of hydrogen-bond donors (Lipinski definition) is 0. The zero-order chi connectivity index (χ0) is 28.0. The van der Waals surface area contributed by atoms with Gasteiger partial charge in [-0.25, -0.2) is 0 Å². The van der Waals surface area contributed by atoms with E-state index in [1.165, 1.54) is 24.3 Å². The third kappa shape index (κ3) is 3.92. The predicted molar refractivity (Wildman–Crippen MR) is 84.0 cm³/mol. The van der Waals surface area contributed by atoms with Crippen molar-refractivity contribution in [3.8, 4) is 0 Å². The monoisotopic (exact) mass is 285 g/mol. The molecule has 2 nitrogen and oxygen atoms in total. The molecular formula is C18H23NO. The van der Waals surface area contributed by atoms with Crippen LogP contribution in [-0.2, 0) is 4.74 Å². The first-order valence-corrected chi connectivity index (χ1v) is 5.70. The summed E-state index contributed by atoms with van der Waals surface area (Å²) in [5, 5.41) is 0. The lowest BCUT2D eigenvalue weighted by atomic mass is 9.97. The van der Waals surface area contributed by atoms with Crippen LogP contribution in [0.25, 0.3) is 0 Å². The van der Waals surface area contributed by atoms with Gasteiger partial charge in [-0.1, -0.05) is 54.5 Å². The van der Waals surface area contributed by atoms with E-state index in [0.29, 0.717) is 0 Å². The van der Waals surface area contributed by atoms with Gasteiger partial charge in [0.05, 0.1) is 13.5 Å². The van der Waals surface area contributed by atoms with Gasteiger partial charge in [-0.3, -0.25) is 0 Å². The fourth-order valence-corrected chi connectivity index (χ4v) is 1.63. The molecule has 0 amide bonds. The molecule has 0 radical (unpaired) electrons. The zero-order valence-electron chi connectivity index (χ0n) is 26.4. The fraction of sp³-hybridized carbons (Fsp3) is 0.333. The van der Waals surface area contributed by atoms with Crippen LogP contribution in [0.5, 0.6) is 0 Å². The molecule has 2 rings (SSSR count). The minimum absolute atomic E-state index is 0.193. The van der Waals surface area contributed by atoms with Crippen LogP contribution in [0.4, 0.5) is 0 Å². The molecule has 0 aliphatic rings. The van der Waals surface area contributed by atoms with Crippen molar-refractivity contribution in [1.82, 2.24) is 4.90 Å². The average Bonchev–Trinajstić information content (AvgIpc) is 2.70. The fourth-order valence-electron chi connectivity index (χ4n) is 1.63. The van der Waals surface area contributed by atoms with Gasteiger partial charge < -0.3 is 9.64 Å². The summed E-state index contributed by atoms with van der Waals surface area (Å²) in [7, 11) is 0. The number of ether oxygens (including phenoxy) is 1. The van der Waals surface area contributed by atoms with Crippen molar-refractivity contribution < 1.29 is 26.7 Å². The summed E-state index contributed by atoms with van der Waals surface area (Å²) in [6.07, 6.45) is -1.79. The van der Waals surface area contributed by atoms with Gasteiger partial charge >= 0.3 is 0 Å². The summed E-state index contributed by atoms with van der Waals surface area (Å²) in [5.41, 5.74) is -1.05. The Morgan fingerprint density at radius 1 is 1.25 bits per heavy atom. The first-order valence-electron chi connectivity index (χ1n) is 13.7. The maximum atomic E-state index is 8.28. The number of hydrogen-bond acceptors (Lipinski definition) is 2. The van der Waals surface area contributed by atoms with Crippen LogP contribution in [0.2, 0.25) is 0 Å². The molecule has 106 valence electrons. The molecule has 0 fully saturated rings. The summed E-state index contributed by atoms with van der Waals surface area (Å²) in [6, 6.07) is 1.44. The van der Waals surface area contributed by atoms with Crippen LogP contribution in [0.1, 0.15) is 44.7 Å². The Kier molecular flexibility index (Phi) is 1.60. The van der Waals surface area contributed by atoms with Gasteiger partial charge in [-0.15, -0.1) is 0 Å². The molecule has 0 aromatic heterocycles. The van der Waals surface area contributed by atoms with Crippen LogP contribution >= 0.6 is 0 Å². The quantitative estimate of drug-likeness (QED) is 0.803. The van der Waals surface area contributed by atoms with Crippen molar-refractivity contribution in [3.63, 3.8) is 0 Å². The molecule has 2 aromatic carbocycles. The molecule has 0 saturated carbocycles. The van der Waals surface area contributed by atoms with Crippen molar-refractivity contribution in [2.45, 2.75) is 13.0 Å². The number of benzene rings is 2. The Hall–Kier alpha value is -1.64. The topological polar surface area (TPSA) is 12.5 Å². The lowest BCUT2D eigenvalue weighted by molar-refractivity contribution is 0.0683. The maximum Gasteiger partial charge on any atom is 0.108 e. The Balaban J connectivity index is 2.76. The van der Waals surface area contributed by atoms with E-state index in [0.717, 1.165) is 0 Å². The molecule has 1 atom stereocenters. The van der Waals surface area contributed by atoms with E-state index in [2.05, 4.69) is 0 Å². The SMILES string of the molecule is [2H]c1c([2H])c([2H])c(C(OCC([2H])([2H])N(C([2H])([2H])[2H])C([2H])([2H])[2H])c2ccccc2C([2H])([2H])[2H])c([2H])c1[2H]. The van der Waals surface area contributed by atoms with Crippen LogP contribution in [0, 0.1) is 6.85 Å². The molecule has 0 heterocycles. The lowest BCUT2D eigenvalue weighted by Crippen LogP contribution is -2.20. The highest BCUT2D eigenvalue weighted by molar-refractivity contribution is 5.35. The molecule has 0 N–H and O–H groups in total. The second kappa shape index (κ2) is 7.22. The van der Waals surface area contributed by atoms with Crippen LogP contribution in [0.3, 0.4) is 0 Å². The first-order chi connectivity index (χ1) is 16.1. The van der Waals surface area contributed by atoms with Crippen molar-refractivity contribution in [1.29, 1.82) is 0 Å². The molecule has 0 aliphatic heterocycles. The molecular weight excluding hydrogens is 246 g/mol. The number of aryl methyl sites for hydroxylation is 1. The van der Waals surface area contributed by atoms with Gasteiger partial charge in [0.25, 0.3) is 0 Å². The van der Waals surface area contributed by atoms with E-state index < -0.39 is 75.8 Å². The van der Waals surface area contributed by atoms with Crippen LogP contribution in [-0.4, -0.2) is 32.0 Å². The lowest BCUT2D eigenvalue weighted by Gasteiger charge is -2.22. The highest BCUT2D eigenvalue weighted by Crippen LogP contribution is 2.28. The average molecular weight is 285 g/mol. The van der Waals surface area contributed by atoms with Crippen molar-refractivity contribution >= 4 is 0 Å². The van der Waals surface area contributed by atoms with E-state index in [9.17, 15) is 0 Å². The van der Waals surface area contributed by atoms with Crippen molar-refractivity contribution in [2.75, 3.05) is 27.1 Å². The Morgan fingerprint density at radius 2 is 2.05 bits per heavy atom. The zero-order valence-corrected chi connectivity index (χ0v) is 10.4. The van der Waals surface area contributed by atoms with Gasteiger partial charge in [0.1, 0.15) is 6.10 Å². The molecule has 0 saturated heterocycles. The third-order valence-corrected chi connectivity index (χ3v) is 2.50. The second-order valence-electron chi connectivity index (χ2n) is 3.81. The summed E-state index contributed by atoms with van der Waals surface area (Å²) in [6.45, 7) is -14.1. The molecule has 0 aliphatic carbocycles. The summed E-state index contributed by atoms with van der Waals surface area (Å²) < 4.78 is 130. The van der Waals surface area contributed by atoms with Gasteiger partial charge in [-0.2, -0.15) is 0 Å². The molecule has 2 heteroatoms. The first kappa shape index (κ1) is 4.43. The third-order valence-electron chi connectivity index (χ3n) is 2.50. The summed E-state index contributed by atoms with van der Waals surface area (Å²) in [4.78, 5) is -0.359. The Bertz CT molecular complexity index is 1060. The number of rotatable bonds is 6. The molecule has 20 heavy (non-hydrogen) atoms. The van der Waals surface area contributed by atoms with E-state index in [-0.39, 0.29) is 16.0 Å². The highest BCUT2D eigenvalue weighted by Gasteiger charge is 2.16. The maximum absolute atomic E-state index is 8.28. The second-order valence-corrected chi connectivity index (χ2v) is 3.81. The van der Waals surface area contributed by atoms with E-state index >= 15 is 0 Å². The summed E-state index contributed by atoms with van der Waals surface area (Å²) in [5.74, 6) is 0. The smallest absolute Gasteiger partial charge is 0.108 e. The molecule has 2 aromatic rings. The predicted octanol–water partition coefficient (Wildman–Crippen LogP) is 3.66. The van der Waals surface area contributed by atoms with Crippen LogP contribution in [0.15, 0.2) is 54.5 Å². The normalized spacial score (nSPS) is 26.9. The Labute approximate surface area is 144 Å². The highest BCUT2D eigenvalue weighted by atomic mass is 16.5. The van der Waals surface area contributed by atoms with Crippen molar-refractivity contribution in [3.05, 3.63) is 71.2 Å². The van der Waals surface area contributed by atoms with E-state index in [4.69, 9.17) is 26.7 Å². The number of nitrogens with zero attached hydrogens (tertiary/aromatic N) is 1. The van der Waals surface area contributed by atoms with E-state index in [1.54, 1.807) is 0 Å². The van der Waals surface area contributed by atoms with Gasteiger partial charge in [0.15, 0.2) is 0 Å². The van der Waals surface area contributed by atoms with Gasteiger partial charge in [0, 0.05) is 21.6 Å². The number of likely N-dealkylation sites (N-methyl/N-ethyl adjacent to an activating group) is 1. The van der Waals surface area contributed by atoms with Crippen LogP contribution < -0.4 is 0 Å². The minimum Gasteiger partial charge on any atom is -0.367 e. The van der Waals surface area contributed by atoms with Gasteiger partial charge in [-0.05, 0) is 37.5 Å². The molecule has 1 unspecified atom stereocenters. The minimum atomic E-state index is -3.43. The molecule has 0 spiro atoms. The summed E-state index contributed by atoms with van der Waals surface area (Å²) >= 11 is 0. The molecule has 0 bridgehead atoms. The van der Waals surface area contributed by atoms with E-state index in [1.807, 2.05) is 0 Å². The van der Waals surface area contributed by atoms with Crippen molar-refractivity contribution in [2.24, 2.45) is 0 Å². The Morgan fingerprint density at radius 3 is 2.80 bits per heavy atom. The standard InChI is InChI=1S/C18H23NO/c1-15-9-7-8-12-17(15)18(20-14-13-19(2)3)16-10-5-4-6-11-16/h4-12,18H,13-14H2,1-3H3/i1D3,2D3,3D3,4D,5D,6D,10D,11D,13D2.